The molecule has 0 N–H and O–H groups in total. The highest BCUT2D eigenvalue weighted by Gasteiger charge is 2.07. The Morgan fingerprint density at radius 3 is 1.54 bits per heavy atom. The zero-order chi connectivity index (χ0) is 32.7. The summed E-state index contributed by atoms with van der Waals surface area (Å²) in [7, 11) is 0. The summed E-state index contributed by atoms with van der Waals surface area (Å²) in [4.78, 5) is 25.2. The van der Waals surface area contributed by atoms with E-state index in [1.807, 2.05) is 48.5 Å². The number of rotatable bonds is 23. The summed E-state index contributed by atoms with van der Waals surface area (Å²) < 4.78 is 17.1. The van der Waals surface area contributed by atoms with E-state index in [1.54, 1.807) is 36.4 Å². The lowest BCUT2D eigenvalue weighted by molar-refractivity contribution is -0.128. The zero-order valence-electron chi connectivity index (χ0n) is 27.9. The minimum atomic E-state index is -0.515. The van der Waals surface area contributed by atoms with Crippen molar-refractivity contribution in [3.63, 3.8) is 0 Å². The smallest absolute Gasteiger partial charge is 0.336 e. The average molecular weight is 625 g/mol. The first-order valence-corrected chi connectivity index (χ1v) is 17.3. The third kappa shape index (κ3) is 15.2. The van der Waals surface area contributed by atoms with Crippen LogP contribution in [-0.4, -0.2) is 25.0 Å². The summed E-state index contributed by atoms with van der Waals surface area (Å²) in [5, 5.41) is 0. The molecule has 0 fully saturated rings. The Labute approximate surface area is 276 Å². The fourth-order valence-corrected chi connectivity index (χ4v) is 4.97. The highest BCUT2D eigenvalue weighted by atomic mass is 16.5. The minimum absolute atomic E-state index is 0.175. The molecule has 0 unspecified atom stereocenters. The summed E-state index contributed by atoms with van der Waals surface area (Å²) in [6.07, 6.45) is 22.6. The van der Waals surface area contributed by atoms with Crippen LogP contribution in [0.15, 0.2) is 84.9 Å². The van der Waals surface area contributed by atoms with Gasteiger partial charge in [-0.2, -0.15) is 0 Å². The number of unbranched alkanes of at least 4 members (excludes halogenated alkanes) is 11. The SMILES string of the molecule is CCCCCCCCCCOc1ccc(/C=C/C(=O)Oc2cccc(C(=O)/C=C/c3ccc(OCCCCCCC)cc3)c2)cc1. The number of ether oxygens (including phenoxy) is 3. The second-order valence-electron chi connectivity index (χ2n) is 11.7. The molecule has 0 amide bonds. The third-order valence-electron chi connectivity index (χ3n) is 7.72. The maximum atomic E-state index is 12.8. The van der Waals surface area contributed by atoms with E-state index < -0.39 is 5.97 Å². The second kappa shape index (κ2) is 22.4. The molecule has 3 rings (SSSR count). The Hall–Kier alpha value is -4.12. The number of ketones is 1. The van der Waals surface area contributed by atoms with Gasteiger partial charge in [0.25, 0.3) is 0 Å². The molecule has 46 heavy (non-hydrogen) atoms. The molecule has 0 saturated heterocycles. The Morgan fingerprint density at radius 1 is 0.543 bits per heavy atom. The molecule has 5 heteroatoms. The molecule has 0 radical (unpaired) electrons. The highest BCUT2D eigenvalue weighted by molar-refractivity contribution is 6.07. The first-order chi connectivity index (χ1) is 22.6. The van der Waals surface area contributed by atoms with E-state index >= 15 is 0 Å². The zero-order valence-corrected chi connectivity index (χ0v) is 27.9. The van der Waals surface area contributed by atoms with Gasteiger partial charge in [0, 0.05) is 11.6 Å². The van der Waals surface area contributed by atoms with Crippen molar-refractivity contribution >= 4 is 23.9 Å². The molecule has 0 bridgehead atoms. The third-order valence-corrected chi connectivity index (χ3v) is 7.72. The lowest BCUT2D eigenvalue weighted by atomic mass is 10.1. The highest BCUT2D eigenvalue weighted by Crippen LogP contribution is 2.18. The maximum Gasteiger partial charge on any atom is 0.336 e. The van der Waals surface area contributed by atoms with Crippen LogP contribution in [0, 0.1) is 0 Å². The summed E-state index contributed by atoms with van der Waals surface area (Å²) in [6.45, 7) is 5.89. The van der Waals surface area contributed by atoms with Crippen LogP contribution in [0.3, 0.4) is 0 Å². The van der Waals surface area contributed by atoms with Crippen molar-refractivity contribution in [1.29, 1.82) is 0 Å². The molecule has 0 aliphatic rings. The quantitative estimate of drug-likeness (QED) is 0.0345. The summed E-state index contributed by atoms with van der Waals surface area (Å²) in [5.41, 5.74) is 2.21. The van der Waals surface area contributed by atoms with Crippen LogP contribution >= 0.6 is 0 Å². The van der Waals surface area contributed by atoms with Gasteiger partial charge < -0.3 is 14.2 Å². The van der Waals surface area contributed by atoms with Gasteiger partial charge in [-0.1, -0.05) is 127 Å². The van der Waals surface area contributed by atoms with Crippen molar-refractivity contribution in [3.05, 3.63) is 102 Å². The average Bonchev–Trinajstić information content (AvgIpc) is 3.08. The Balaban J connectivity index is 1.38. The van der Waals surface area contributed by atoms with Gasteiger partial charge in [0.1, 0.15) is 17.2 Å². The van der Waals surface area contributed by atoms with Crippen LogP contribution in [0.25, 0.3) is 12.2 Å². The number of hydrogen-bond acceptors (Lipinski definition) is 5. The number of benzene rings is 3. The first kappa shape index (κ1) is 36.3. The number of carbonyl (C=O) groups is 2. The minimum Gasteiger partial charge on any atom is -0.494 e. The summed E-state index contributed by atoms with van der Waals surface area (Å²) >= 11 is 0. The predicted molar refractivity (Wildman–Crippen MR) is 190 cm³/mol. The normalized spacial score (nSPS) is 11.3. The van der Waals surface area contributed by atoms with Crippen LogP contribution in [0.2, 0.25) is 0 Å². The monoisotopic (exact) mass is 624 g/mol. The van der Waals surface area contributed by atoms with E-state index in [4.69, 9.17) is 14.2 Å². The van der Waals surface area contributed by atoms with E-state index in [0.29, 0.717) is 11.3 Å². The van der Waals surface area contributed by atoms with Crippen LogP contribution in [0.1, 0.15) is 119 Å². The molecule has 0 atom stereocenters. The lowest BCUT2D eigenvalue weighted by Gasteiger charge is -2.06. The van der Waals surface area contributed by atoms with E-state index in [-0.39, 0.29) is 5.78 Å². The van der Waals surface area contributed by atoms with Gasteiger partial charge in [-0.15, -0.1) is 0 Å². The van der Waals surface area contributed by atoms with Crippen LogP contribution < -0.4 is 14.2 Å². The van der Waals surface area contributed by atoms with Gasteiger partial charge in [0.05, 0.1) is 13.2 Å². The topological polar surface area (TPSA) is 61.8 Å². The van der Waals surface area contributed by atoms with Crippen LogP contribution in [-0.2, 0) is 4.79 Å². The van der Waals surface area contributed by atoms with E-state index in [9.17, 15) is 9.59 Å². The number of hydrogen-bond donors (Lipinski definition) is 0. The number of allylic oxidation sites excluding steroid dienone is 1. The fourth-order valence-electron chi connectivity index (χ4n) is 4.97. The Kier molecular flexibility index (Phi) is 17.7. The van der Waals surface area contributed by atoms with E-state index in [2.05, 4.69) is 13.8 Å². The largest absolute Gasteiger partial charge is 0.494 e. The van der Waals surface area contributed by atoms with Crippen molar-refractivity contribution in [2.75, 3.05) is 13.2 Å². The number of carbonyl (C=O) groups excluding carboxylic acids is 2. The molecular weight excluding hydrogens is 572 g/mol. The molecule has 0 heterocycles. The first-order valence-electron chi connectivity index (χ1n) is 17.3. The molecular formula is C41H52O5. The Bertz CT molecular complexity index is 1340. The van der Waals surface area contributed by atoms with Gasteiger partial charge in [-0.3, -0.25) is 4.79 Å². The molecule has 3 aromatic carbocycles. The van der Waals surface area contributed by atoms with E-state index in [1.165, 1.54) is 82.8 Å². The van der Waals surface area contributed by atoms with Crippen molar-refractivity contribution in [2.24, 2.45) is 0 Å². The fraction of sp³-hybridized carbons (Fsp3) is 0.415. The molecule has 0 aliphatic carbocycles. The molecule has 0 aliphatic heterocycles. The molecule has 0 saturated carbocycles. The molecule has 3 aromatic rings. The molecule has 0 aromatic heterocycles. The predicted octanol–water partition coefficient (Wildman–Crippen LogP) is 11.1. The van der Waals surface area contributed by atoms with Crippen LogP contribution in [0.4, 0.5) is 0 Å². The second-order valence-corrected chi connectivity index (χ2v) is 11.7. The van der Waals surface area contributed by atoms with Crippen molar-refractivity contribution in [3.8, 4) is 17.2 Å². The van der Waals surface area contributed by atoms with Crippen LogP contribution in [0.5, 0.6) is 17.2 Å². The van der Waals surface area contributed by atoms with Crippen molar-refractivity contribution in [2.45, 2.75) is 97.3 Å². The van der Waals surface area contributed by atoms with E-state index in [0.717, 1.165) is 48.7 Å². The lowest BCUT2D eigenvalue weighted by Crippen LogP contribution is -2.04. The van der Waals surface area contributed by atoms with Gasteiger partial charge in [0.2, 0.25) is 0 Å². The van der Waals surface area contributed by atoms with Gasteiger partial charge in [-0.25, -0.2) is 4.79 Å². The molecule has 0 spiro atoms. The van der Waals surface area contributed by atoms with Crippen molar-refractivity contribution in [1.82, 2.24) is 0 Å². The Morgan fingerprint density at radius 2 is 1.02 bits per heavy atom. The number of esters is 1. The van der Waals surface area contributed by atoms with Gasteiger partial charge >= 0.3 is 5.97 Å². The van der Waals surface area contributed by atoms with Gasteiger partial charge in [-0.05, 0) is 72.5 Å². The summed E-state index contributed by atoms with van der Waals surface area (Å²) in [6, 6.07) is 22.0. The maximum absolute atomic E-state index is 12.8. The van der Waals surface area contributed by atoms with Gasteiger partial charge in [0.15, 0.2) is 5.78 Å². The molecule has 246 valence electrons. The standard InChI is InChI=1S/C41H52O5/c1-3-5-7-9-10-11-13-15-32-45-38-27-21-35(22-28-38)24-30-41(43)46-39-18-16-17-36(33-39)40(42)29-23-34-19-25-37(26-20-34)44-31-14-12-8-6-4-2/h16-30,33H,3-15,31-32H2,1-2H3/b29-23+,30-24+. The van der Waals surface area contributed by atoms with Crippen molar-refractivity contribution < 1.29 is 23.8 Å². The summed E-state index contributed by atoms with van der Waals surface area (Å²) in [5.74, 6) is 1.28. The molecule has 5 nitrogen and oxygen atoms in total.